The number of carbonyl (C=O) groups is 1. The number of nitrogens with one attached hydrogen (secondary N) is 1. The number of sulfonamides is 1. The third-order valence-electron chi connectivity index (χ3n) is 9.03. The second kappa shape index (κ2) is 12.2. The van der Waals surface area contributed by atoms with Gasteiger partial charge >= 0.3 is 5.69 Å². The molecule has 1 unspecified atom stereocenters. The lowest BCUT2D eigenvalue weighted by atomic mass is 9.89. The number of nitrogens with zero attached hydrogens (tertiary/aromatic N) is 6. The predicted molar refractivity (Wildman–Crippen MR) is 160 cm³/mol. The topological polar surface area (TPSA) is 114 Å². The lowest BCUT2D eigenvalue weighted by Crippen LogP contribution is -2.47. The van der Waals surface area contributed by atoms with E-state index in [0.29, 0.717) is 69.4 Å². The molecule has 0 radical (unpaired) electrons. The predicted octanol–water partition coefficient (Wildman–Crippen LogP) is 2.70. The van der Waals surface area contributed by atoms with Gasteiger partial charge in [-0.05, 0) is 31.6 Å². The Bertz CT molecular complexity index is 1560. The second-order valence-corrected chi connectivity index (χ2v) is 13.8. The number of benzene rings is 1. The molecule has 2 aromatic heterocycles. The highest BCUT2D eigenvalue weighted by molar-refractivity contribution is 7.89. The van der Waals surface area contributed by atoms with E-state index in [1.54, 1.807) is 16.2 Å². The summed E-state index contributed by atoms with van der Waals surface area (Å²) in [6.45, 7) is 3.62. The highest BCUT2D eigenvalue weighted by Crippen LogP contribution is 2.34. The zero-order valence-electron chi connectivity index (χ0n) is 24.3. The number of rotatable bonds is 7. The molecule has 3 aliphatic rings. The molecule has 3 fully saturated rings. The van der Waals surface area contributed by atoms with Gasteiger partial charge in [-0.25, -0.2) is 13.2 Å². The van der Waals surface area contributed by atoms with Gasteiger partial charge in [0.15, 0.2) is 0 Å². The van der Waals surface area contributed by atoms with Crippen molar-refractivity contribution in [1.82, 2.24) is 33.4 Å². The number of hydrogen-bond donors (Lipinski definition) is 1. The minimum absolute atomic E-state index is 0.127. The third kappa shape index (κ3) is 5.59. The van der Waals surface area contributed by atoms with Gasteiger partial charge < -0.3 is 10.2 Å². The van der Waals surface area contributed by atoms with Crippen molar-refractivity contribution in [2.24, 2.45) is 13.0 Å². The molecule has 0 bridgehead atoms. The smallest absolute Gasteiger partial charge is 0.329 e. The number of imidazole rings is 1. The summed E-state index contributed by atoms with van der Waals surface area (Å²) in [4.78, 5) is 30.9. The molecule has 1 atom stereocenters. The van der Waals surface area contributed by atoms with Crippen LogP contribution in [0, 0.1) is 5.92 Å². The van der Waals surface area contributed by atoms with Crippen LogP contribution in [0.2, 0.25) is 0 Å². The lowest BCUT2D eigenvalue weighted by Gasteiger charge is -2.33. The first-order chi connectivity index (χ1) is 20.3. The van der Waals surface area contributed by atoms with Crippen LogP contribution in [-0.2, 0) is 23.6 Å². The van der Waals surface area contributed by atoms with E-state index in [-0.39, 0.29) is 23.0 Å². The Morgan fingerprint density at radius 2 is 1.74 bits per heavy atom. The fourth-order valence-corrected chi connectivity index (χ4v) is 8.34. The zero-order valence-corrected chi connectivity index (χ0v) is 25.1. The maximum absolute atomic E-state index is 14.5. The molecule has 42 heavy (non-hydrogen) atoms. The van der Waals surface area contributed by atoms with Crippen molar-refractivity contribution in [3.63, 3.8) is 0 Å². The fourth-order valence-electron chi connectivity index (χ4n) is 6.84. The van der Waals surface area contributed by atoms with Crippen molar-refractivity contribution in [3.05, 3.63) is 58.9 Å². The summed E-state index contributed by atoms with van der Waals surface area (Å²) in [7, 11) is -2.10. The quantitative estimate of drug-likeness (QED) is 0.449. The Balaban J connectivity index is 1.47. The van der Waals surface area contributed by atoms with E-state index in [4.69, 9.17) is 0 Å². The van der Waals surface area contributed by atoms with Crippen LogP contribution in [0.1, 0.15) is 61.5 Å². The van der Waals surface area contributed by atoms with Crippen LogP contribution in [0.15, 0.2) is 52.4 Å². The van der Waals surface area contributed by atoms with Crippen LogP contribution in [0.3, 0.4) is 0 Å². The molecule has 12 heteroatoms. The van der Waals surface area contributed by atoms with Gasteiger partial charge in [-0.15, -0.1) is 0 Å². The van der Waals surface area contributed by atoms with E-state index < -0.39 is 16.1 Å². The standard InChI is InChI=1S/C30H41N7O4S/c1-33-22-26(19-32-33)42(40,41)35-16-8-13-25(21-35)37-27(24-11-6-3-7-12-24)28(29(38)34-17-14-31-15-18-34)36(30(37)39)20-23-9-4-2-5-10-23/h3,6-7,11-12,19,22-23,25,31H,2,4-5,8-10,13-18,20-21H2,1H3. The summed E-state index contributed by atoms with van der Waals surface area (Å²) >= 11 is 0. The number of aromatic nitrogens is 4. The fraction of sp³-hybridized carbons (Fsp3) is 0.567. The van der Waals surface area contributed by atoms with Gasteiger partial charge in [0.25, 0.3) is 5.91 Å². The molecule has 2 saturated heterocycles. The van der Waals surface area contributed by atoms with Gasteiger partial charge in [0.05, 0.1) is 17.9 Å². The van der Waals surface area contributed by atoms with Gasteiger partial charge in [0.2, 0.25) is 10.0 Å². The molecule has 1 N–H and O–H groups in total. The Labute approximate surface area is 247 Å². The lowest BCUT2D eigenvalue weighted by molar-refractivity contribution is 0.0723. The van der Waals surface area contributed by atoms with E-state index in [1.165, 1.54) is 27.8 Å². The summed E-state index contributed by atoms with van der Waals surface area (Å²) in [5.74, 6) is 0.206. The monoisotopic (exact) mass is 595 g/mol. The van der Waals surface area contributed by atoms with Gasteiger partial charge in [-0.3, -0.25) is 18.6 Å². The number of piperazine rings is 1. The van der Waals surface area contributed by atoms with Crippen LogP contribution >= 0.6 is 0 Å². The summed E-state index contributed by atoms with van der Waals surface area (Å²) < 4.78 is 33.6. The molecule has 4 heterocycles. The molecule has 2 aliphatic heterocycles. The molecule has 1 amide bonds. The van der Waals surface area contributed by atoms with Crippen molar-refractivity contribution in [1.29, 1.82) is 0 Å². The normalized spacial score (nSPS) is 21.1. The Hall–Kier alpha value is -3.22. The molecule has 0 spiro atoms. The Morgan fingerprint density at radius 1 is 1.00 bits per heavy atom. The number of hydrogen-bond acceptors (Lipinski definition) is 6. The van der Waals surface area contributed by atoms with Gasteiger partial charge in [-0.2, -0.15) is 9.40 Å². The van der Waals surface area contributed by atoms with E-state index in [0.717, 1.165) is 31.2 Å². The van der Waals surface area contributed by atoms with Crippen molar-refractivity contribution < 1.29 is 13.2 Å². The van der Waals surface area contributed by atoms with Crippen LogP contribution in [-0.4, -0.2) is 81.7 Å². The Kier molecular flexibility index (Phi) is 8.37. The van der Waals surface area contributed by atoms with Crippen molar-refractivity contribution in [3.8, 4) is 11.3 Å². The molecule has 11 nitrogen and oxygen atoms in total. The van der Waals surface area contributed by atoms with Crippen LogP contribution in [0.25, 0.3) is 11.3 Å². The Morgan fingerprint density at radius 3 is 2.43 bits per heavy atom. The van der Waals surface area contributed by atoms with Crippen molar-refractivity contribution >= 4 is 15.9 Å². The van der Waals surface area contributed by atoms with Crippen molar-refractivity contribution in [2.75, 3.05) is 39.3 Å². The zero-order chi connectivity index (χ0) is 29.3. The molecule has 1 saturated carbocycles. The third-order valence-corrected chi connectivity index (χ3v) is 10.9. The number of aryl methyl sites for hydroxylation is 1. The summed E-state index contributed by atoms with van der Waals surface area (Å²) in [5.41, 5.74) is 1.61. The summed E-state index contributed by atoms with van der Waals surface area (Å²) in [6.07, 6.45) is 9.69. The first-order valence-electron chi connectivity index (χ1n) is 15.2. The molecule has 6 rings (SSSR count). The summed E-state index contributed by atoms with van der Waals surface area (Å²) in [5, 5.41) is 7.38. The van der Waals surface area contributed by atoms with Gasteiger partial charge in [-0.1, -0.05) is 49.6 Å². The first kappa shape index (κ1) is 28.9. The van der Waals surface area contributed by atoms with Crippen LogP contribution in [0.4, 0.5) is 0 Å². The van der Waals surface area contributed by atoms with E-state index in [2.05, 4.69) is 10.4 Å². The molecule has 1 aromatic carbocycles. The molecule has 1 aliphatic carbocycles. The second-order valence-electron chi connectivity index (χ2n) is 11.9. The van der Waals surface area contributed by atoms with Crippen LogP contribution in [0.5, 0.6) is 0 Å². The highest BCUT2D eigenvalue weighted by Gasteiger charge is 2.37. The molecule has 3 aromatic rings. The first-order valence-corrected chi connectivity index (χ1v) is 16.7. The average Bonchev–Trinajstić information content (AvgIpc) is 3.59. The maximum Gasteiger partial charge on any atom is 0.329 e. The average molecular weight is 596 g/mol. The van der Waals surface area contributed by atoms with Crippen molar-refractivity contribution in [2.45, 2.75) is 62.4 Å². The van der Waals surface area contributed by atoms with E-state index >= 15 is 0 Å². The van der Waals surface area contributed by atoms with E-state index in [1.807, 2.05) is 35.2 Å². The molecule has 226 valence electrons. The summed E-state index contributed by atoms with van der Waals surface area (Å²) in [6, 6.07) is 9.24. The minimum Gasteiger partial charge on any atom is -0.335 e. The van der Waals surface area contributed by atoms with Gasteiger partial charge in [0.1, 0.15) is 10.6 Å². The minimum atomic E-state index is -3.79. The molecular formula is C30H41N7O4S. The van der Waals surface area contributed by atoms with Gasteiger partial charge in [0, 0.05) is 64.6 Å². The highest BCUT2D eigenvalue weighted by atomic mass is 32.2. The maximum atomic E-state index is 14.5. The van der Waals surface area contributed by atoms with E-state index in [9.17, 15) is 18.0 Å². The number of amides is 1. The van der Waals surface area contributed by atoms with Crippen LogP contribution < -0.4 is 11.0 Å². The largest absolute Gasteiger partial charge is 0.335 e. The SMILES string of the molecule is Cn1cc(S(=O)(=O)N2CCCC(n3c(-c4ccccc4)c(C(=O)N4CCNCC4)n(CC4CCCCC4)c3=O)C2)cn1. The molecular weight excluding hydrogens is 554 g/mol. The number of piperidine rings is 1. The number of carbonyl (C=O) groups excluding carboxylic acids is 1.